The molecule has 0 spiro atoms. The Morgan fingerprint density at radius 2 is 0.847 bits per heavy atom. The summed E-state index contributed by atoms with van der Waals surface area (Å²) in [5.74, 6) is -1.48. The molecule has 0 aliphatic heterocycles. The van der Waals surface area contributed by atoms with Crippen LogP contribution >= 0.6 is 138 Å². The first-order valence-corrected chi connectivity index (χ1v) is 30.1. The van der Waals surface area contributed by atoms with Gasteiger partial charge >= 0.3 is 11.9 Å². The first-order valence-electron chi connectivity index (χ1n) is 26.7. The Morgan fingerprint density at radius 1 is 0.529 bits per heavy atom. The molecule has 0 unspecified atom stereocenters. The van der Waals surface area contributed by atoms with Gasteiger partial charge in [0, 0.05) is 39.4 Å². The van der Waals surface area contributed by atoms with Gasteiger partial charge in [-0.15, -0.1) is 0 Å². The second kappa shape index (κ2) is 31.7. The Hall–Kier alpha value is -5.78. The highest BCUT2D eigenvalue weighted by molar-refractivity contribution is 9.11. The number of ether oxygens (including phenoxy) is 1. The summed E-state index contributed by atoms with van der Waals surface area (Å²) in [7, 11) is 0. The maximum absolute atomic E-state index is 11.9. The van der Waals surface area contributed by atoms with Crippen molar-refractivity contribution in [3.8, 4) is 28.4 Å². The van der Waals surface area contributed by atoms with Gasteiger partial charge in [0.05, 0.1) is 101 Å². The van der Waals surface area contributed by atoms with E-state index in [1.165, 1.54) is 49.5 Å². The zero-order valence-electron chi connectivity index (χ0n) is 50.1. The van der Waals surface area contributed by atoms with Crippen LogP contribution < -0.4 is 0 Å². The number of halogens is 10. The number of hydrogen-bond acceptors (Lipinski definition) is 15. The van der Waals surface area contributed by atoms with E-state index in [2.05, 4.69) is 130 Å². The number of carboxylic acids is 1. The summed E-state index contributed by atoms with van der Waals surface area (Å²) in [6, 6.07) is 16.3. The predicted octanol–water partition coefficient (Wildman–Crippen LogP) is 15.1. The maximum Gasteiger partial charge on any atom is 0.357 e. The van der Waals surface area contributed by atoms with E-state index in [1.807, 2.05) is 6.92 Å². The molecule has 85 heavy (non-hydrogen) atoms. The lowest BCUT2D eigenvalue weighted by Crippen LogP contribution is -2.12. The van der Waals surface area contributed by atoms with Gasteiger partial charge < -0.3 is 14.9 Å². The van der Waals surface area contributed by atoms with Gasteiger partial charge in [0.25, 0.3) is 0 Å². The molecule has 0 aromatic carbocycles. The molecule has 10 aromatic rings. The molecule has 0 radical (unpaired) electrons. The van der Waals surface area contributed by atoms with Crippen molar-refractivity contribution in [2.24, 2.45) is 0 Å². The quantitative estimate of drug-likeness (QED) is 0.0655. The van der Waals surface area contributed by atoms with Crippen molar-refractivity contribution in [1.82, 2.24) is 73.8 Å². The molecule has 21 nitrogen and oxygen atoms in total. The van der Waals surface area contributed by atoms with Crippen molar-refractivity contribution in [2.75, 3.05) is 6.61 Å². The number of aromatic carboxylic acids is 1. The fourth-order valence-electron chi connectivity index (χ4n) is 7.24. The number of aromatic nitrogens is 15. The summed E-state index contributed by atoms with van der Waals surface area (Å²) >= 11 is 46.1. The number of nitrogens with zero attached hydrogens (tertiary/aromatic N) is 15. The molecular weight excluding hydrogens is 1530 g/mol. The predicted molar refractivity (Wildman–Crippen MR) is 342 cm³/mol. The summed E-state index contributed by atoms with van der Waals surface area (Å²) < 4.78 is 52.9. The van der Waals surface area contributed by atoms with Gasteiger partial charge in [0.15, 0.2) is 17.7 Å². The number of aryl methyl sites for hydroxylation is 6. The van der Waals surface area contributed by atoms with Gasteiger partial charge in [-0.1, -0.05) is 71.3 Å². The molecule has 10 heterocycles. The maximum atomic E-state index is 11.9. The Kier molecular flexibility index (Phi) is 22.7. The van der Waals surface area contributed by atoms with E-state index in [-0.39, 0.29) is 32.5 Å². The van der Waals surface area contributed by atoms with Crippen LogP contribution in [0.1, 0.15) is 98.4 Å². The van der Waals surface area contributed by atoms with E-state index in [0.717, 1.165) is 5.69 Å². The highest BCUT2D eigenvalue weighted by Crippen LogP contribution is 2.32. The number of carbonyl (C=O) groups is 3. The summed E-state index contributed by atoms with van der Waals surface area (Å²) in [6.45, 7) is 10.2. The number of aliphatic hydroxyl groups is 1. The SMILES string of the molecule is CCOC(=O)c1cc(C)nn1-c1ccnc(Cl)c1Br.Cc1cc(C(=O)O)n(-c2ccnc(Cl)c2Br)n1.[2H]C(=O)c1cc(C)nn1-c1ccnc(Cl)c1Br.[2H]C([2H])(CC)c1cc(C)nn1-c1ccnc(Cl)c1Br.[2H]C([2H])(O)c1cc(C)nn1-c1ccnc(Cl)c1Br. The van der Waals surface area contributed by atoms with Crippen LogP contribution in [0.25, 0.3) is 28.4 Å². The molecule has 0 fully saturated rings. The number of pyridine rings is 5. The Labute approximate surface area is 560 Å². The monoisotopic (exact) mass is 1580 g/mol. The highest BCUT2D eigenvalue weighted by atomic mass is 79.9. The third-order valence-electron chi connectivity index (χ3n) is 10.7. The molecule has 2 N–H and O–H groups in total. The third-order valence-corrected chi connectivity index (χ3v) is 17.2. The van der Waals surface area contributed by atoms with E-state index in [0.29, 0.717) is 108 Å². The van der Waals surface area contributed by atoms with Crippen molar-refractivity contribution < 1.29 is 36.2 Å². The molecule has 0 atom stereocenters. The lowest BCUT2D eigenvalue weighted by atomic mass is 10.2. The topological polar surface area (TPSA) is 254 Å². The van der Waals surface area contributed by atoms with Gasteiger partial charge in [-0.3, -0.25) is 4.79 Å². The van der Waals surface area contributed by atoms with Gasteiger partial charge in [0.2, 0.25) is 0 Å². The van der Waals surface area contributed by atoms with E-state index >= 15 is 0 Å². The molecule has 0 amide bonds. The van der Waals surface area contributed by atoms with Crippen LogP contribution in [-0.2, 0) is 17.7 Å². The minimum absolute atomic E-state index is 0.0305. The second-order valence-electron chi connectivity index (χ2n) is 16.9. The van der Waals surface area contributed by atoms with Gasteiger partial charge in [0.1, 0.15) is 32.8 Å². The van der Waals surface area contributed by atoms with Crippen LogP contribution in [0.4, 0.5) is 0 Å². The minimum Gasteiger partial charge on any atom is -0.477 e. The molecule has 31 heteroatoms. The molecule has 444 valence electrons. The number of carbonyl (C=O) groups excluding carboxylic acids is 2. The minimum atomic E-state index is -2.49. The standard InChI is InChI=1S/C12H11BrClN3O2.C12H13BrClN3.C10H7BrClN3O2.C10H9BrClN3O.C10H7BrClN3O/c1-3-19-12(18)9-6-7(2)16-17(9)8-4-5-15-11(14)10(8)13;1-3-4-9-7-8(2)16-17(9)10-5-6-15-12(14)11(10)13;1-5-4-7(10(16)17)15(14-5)6-2-3-13-9(12)8(6)11;2*1-6-4-7(5-16)15(14-6)8-2-3-13-10(12)9(8)11/h4-6H,3H2,1-2H3;5-7H,3-4H2,1-2H3;2-4H,1H3,(H,16,17);2-4,16H,5H2,1H3;2-5H,1H3/i;4D2;;5D2;5D. The van der Waals surface area contributed by atoms with Crippen LogP contribution in [0.5, 0.6) is 0 Å². The molecule has 0 aliphatic rings. The molecule has 0 aliphatic carbocycles. The number of carboxylic acid groups (broad SMARTS) is 1. The van der Waals surface area contributed by atoms with Gasteiger partial charge in [-0.2, -0.15) is 25.5 Å². The molecule has 0 saturated heterocycles. The fraction of sp³-hybridized carbons (Fsp3) is 0.204. The van der Waals surface area contributed by atoms with E-state index < -0.39 is 31.1 Å². The molecular formula is C54H47Br5Cl5N15O6. The molecule has 10 rings (SSSR count). The van der Waals surface area contributed by atoms with Crippen LogP contribution in [0.2, 0.25) is 25.8 Å². The van der Waals surface area contributed by atoms with Gasteiger partial charge in [-0.25, -0.2) is 57.9 Å². The number of hydrogen-bond donors (Lipinski definition) is 2. The van der Waals surface area contributed by atoms with Crippen molar-refractivity contribution in [3.05, 3.63) is 197 Å². The number of esters is 1. The van der Waals surface area contributed by atoms with Crippen LogP contribution in [0.3, 0.4) is 0 Å². The van der Waals surface area contributed by atoms with E-state index in [1.54, 1.807) is 107 Å². The van der Waals surface area contributed by atoms with Crippen molar-refractivity contribution in [2.45, 2.75) is 67.8 Å². The zero-order valence-corrected chi connectivity index (χ0v) is 56.8. The average molecular weight is 1580 g/mol. The smallest absolute Gasteiger partial charge is 0.357 e. The zero-order chi connectivity index (χ0) is 66.9. The molecule has 10 aromatic heterocycles. The molecule has 0 bridgehead atoms. The fourth-order valence-corrected chi connectivity index (χ4v) is 10.0. The first-order chi connectivity index (χ1) is 42.2. The normalized spacial score (nSPS) is 11.8. The van der Waals surface area contributed by atoms with Gasteiger partial charge in [-0.05, 0) is 188 Å². The average Bonchev–Trinajstić information content (AvgIpc) is 1.77. The van der Waals surface area contributed by atoms with E-state index in [4.69, 9.17) is 74.7 Å². The van der Waals surface area contributed by atoms with Crippen LogP contribution in [0.15, 0.2) is 114 Å². The summed E-state index contributed by atoms with van der Waals surface area (Å²) in [5.41, 5.74) is 7.41. The largest absolute Gasteiger partial charge is 0.477 e. The highest BCUT2D eigenvalue weighted by Gasteiger charge is 2.21. The first kappa shape index (κ1) is 60.9. The lowest BCUT2D eigenvalue weighted by Gasteiger charge is -2.09. The van der Waals surface area contributed by atoms with Crippen LogP contribution in [0, 0.1) is 34.6 Å². The summed E-state index contributed by atoms with van der Waals surface area (Å²) in [4.78, 5) is 53.7. The number of rotatable bonds is 12. The third kappa shape index (κ3) is 17.3. The van der Waals surface area contributed by atoms with Crippen molar-refractivity contribution in [3.63, 3.8) is 0 Å². The lowest BCUT2D eigenvalue weighted by molar-refractivity contribution is 0.0515. The van der Waals surface area contributed by atoms with E-state index in [9.17, 15) is 19.5 Å². The van der Waals surface area contributed by atoms with Crippen LogP contribution in [-0.4, -0.2) is 109 Å². The Balaban J connectivity index is 0.000000179. The summed E-state index contributed by atoms with van der Waals surface area (Å²) in [5, 5.41) is 41.1. The number of aldehydes is 1. The van der Waals surface area contributed by atoms with Crippen molar-refractivity contribution in [1.29, 1.82) is 0 Å². The Morgan fingerprint density at radius 3 is 1.22 bits per heavy atom. The second-order valence-corrected chi connectivity index (χ2v) is 22.6. The Bertz CT molecular complexity index is 4180. The molecule has 0 saturated carbocycles. The summed E-state index contributed by atoms with van der Waals surface area (Å²) in [6.07, 6.45) is 5.73. The van der Waals surface area contributed by atoms with Crippen molar-refractivity contribution >= 4 is 156 Å².